The third kappa shape index (κ3) is 17.6. The second-order valence-electron chi connectivity index (χ2n) is 15.0. The normalized spacial score (nSPS) is 11.7. The Bertz CT molecular complexity index is 2910. The first-order valence-corrected chi connectivity index (χ1v) is 23.5. The molecule has 0 aliphatic heterocycles. The lowest BCUT2D eigenvalue weighted by Gasteiger charge is -2.20. The van der Waals surface area contributed by atoms with Crippen LogP contribution in [0.4, 0.5) is 37.7 Å². The topological polar surface area (TPSA) is 149 Å². The number of methoxy groups -OCH3 is 2. The smallest absolute Gasteiger partial charge is 0.417 e. The summed E-state index contributed by atoms with van der Waals surface area (Å²) in [4.78, 5) is 47.2. The molecule has 73 heavy (non-hydrogen) atoms. The molecule has 6 aromatic rings. The molecule has 384 valence electrons. The number of nitrogens with one attached hydrogen (secondary N) is 3. The summed E-state index contributed by atoms with van der Waals surface area (Å²) in [5.41, 5.74) is 6.10. The van der Waals surface area contributed by atoms with Gasteiger partial charge in [-0.15, -0.1) is 0 Å². The summed E-state index contributed by atoms with van der Waals surface area (Å²) >= 11 is 38.9. The van der Waals surface area contributed by atoms with Crippen LogP contribution in [0.15, 0.2) is 133 Å². The molecule has 0 aliphatic rings. The van der Waals surface area contributed by atoms with Gasteiger partial charge in [0.1, 0.15) is 22.1 Å². The zero-order valence-electron chi connectivity index (χ0n) is 37.8. The van der Waals surface area contributed by atoms with Crippen molar-refractivity contribution >= 4 is 127 Å². The van der Waals surface area contributed by atoms with E-state index in [9.17, 15) is 45.5 Å². The molecule has 0 radical (unpaired) electrons. The molecule has 0 aromatic heterocycles. The molecule has 10 nitrogen and oxygen atoms in total. The standard InChI is InChI=1S/C25H19Cl2F3N2O3S.C18H17F3N2O2S.C7H3Cl3O/c1-35-24(34)20(32-23(36)16-5-2-3-6-17(16)25(28,29)30)13-14-9-11-15(12-10-14)31-22(33)21-18(26)7-4-8-19(21)27;1-25-17(24)15(10-11-6-8-12(22)9-7-11)23-16(26)13-4-2-3-5-14(13)18(19,20)21;8-4-2-1-3-5(9)6(4)7(10)11/h2-12,20H,13H2,1H3,(H,31,33)(H,32,36);2-9,15H,10,22H2,1H3,(H,23,26);1-3H. The van der Waals surface area contributed by atoms with Gasteiger partial charge >= 0.3 is 24.3 Å². The Morgan fingerprint density at radius 1 is 0.548 bits per heavy atom. The number of nitrogen functional groups attached to an aromatic ring is 1. The van der Waals surface area contributed by atoms with Crippen molar-refractivity contribution in [2.45, 2.75) is 37.3 Å². The molecule has 6 rings (SSSR count). The summed E-state index contributed by atoms with van der Waals surface area (Å²) in [6.45, 7) is 0. The predicted molar refractivity (Wildman–Crippen MR) is 280 cm³/mol. The van der Waals surface area contributed by atoms with Crippen LogP contribution in [0.25, 0.3) is 0 Å². The van der Waals surface area contributed by atoms with Crippen LogP contribution in [0, 0.1) is 0 Å². The van der Waals surface area contributed by atoms with Crippen molar-refractivity contribution in [2.75, 3.05) is 25.3 Å². The van der Waals surface area contributed by atoms with Crippen LogP contribution in [-0.4, -0.2) is 59.4 Å². The molecular formula is C50H39Cl5F6N4O6S2. The fourth-order valence-electron chi connectivity index (χ4n) is 6.44. The first kappa shape index (κ1) is 59.6. The van der Waals surface area contributed by atoms with Crippen LogP contribution in [0.5, 0.6) is 0 Å². The van der Waals surface area contributed by atoms with E-state index in [-0.39, 0.29) is 65.2 Å². The van der Waals surface area contributed by atoms with Gasteiger partial charge < -0.3 is 31.2 Å². The molecule has 0 fully saturated rings. The minimum Gasteiger partial charge on any atom is -0.467 e. The highest BCUT2D eigenvalue weighted by molar-refractivity contribution is 7.81. The molecule has 23 heteroatoms. The quantitative estimate of drug-likeness (QED) is 0.0288. The van der Waals surface area contributed by atoms with Crippen molar-refractivity contribution in [3.63, 3.8) is 0 Å². The minimum absolute atomic E-state index is 0.0611. The van der Waals surface area contributed by atoms with E-state index >= 15 is 0 Å². The van der Waals surface area contributed by atoms with E-state index in [2.05, 4.69) is 16.0 Å². The van der Waals surface area contributed by atoms with E-state index in [1.54, 1.807) is 84.9 Å². The van der Waals surface area contributed by atoms with E-state index < -0.39 is 58.7 Å². The lowest BCUT2D eigenvalue weighted by molar-refractivity contribution is -0.143. The Balaban J connectivity index is 0.000000270. The zero-order chi connectivity index (χ0) is 54.2. The number of ether oxygens (including phenoxy) is 2. The summed E-state index contributed by atoms with van der Waals surface area (Å²) in [6, 6.07) is 30.5. The Hall–Kier alpha value is -5.99. The highest BCUT2D eigenvalue weighted by atomic mass is 35.5. The number of amides is 1. The van der Waals surface area contributed by atoms with Crippen LogP contribution in [0.2, 0.25) is 20.1 Å². The van der Waals surface area contributed by atoms with Crippen molar-refractivity contribution < 1.29 is 55.0 Å². The third-order valence-electron chi connectivity index (χ3n) is 9.96. The maximum atomic E-state index is 13.4. The number of halogens is 11. The molecule has 1 amide bonds. The fourth-order valence-corrected chi connectivity index (χ4v) is 8.52. The van der Waals surface area contributed by atoms with E-state index in [0.717, 1.165) is 17.7 Å². The van der Waals surface area contributed by atoms with Crippen molar-refractivity contribution in [3.8, 4) is 0 Å². The number of alkyl halides is 6. The van der Waals surface area contributed by atoms with Crippen molar-refractivity contribution in [1.82, 2.24) is 10.6 Å². The number of hydrogen-bond donors (Lipinski definition) is 4. The molecular weight excluding hydrogens is 1110 g/mol. The van der Waals surface area contributed by atoms with Gasteiger partial charge in [-0.25, -0.2) is 9.59 Å². The van der Waals surface area contributed by atoms with Crippen LogP contribution >= 0.6 is 82.4 Å². The SMILES string of the molecule is COC(=O)C(Cc1ccc(N)cc1)NC(=S)c1ccccc1C(F)(F)F.COC(=O)C(Cc1ccc(NC(=O)c2c(Cl)cccc2Cl)cc1)NC(=S)c1ccccc1C(F)(F)F.O=C(Cl)c1c(Cl)cccc1Cl. The van der Waals surface area contributed by atoms with Crippen LogP contribution in [0.1, 0.15) is 54.1 Å². The number of carbonyl (C=O) groups is 4. The molecule has 2 unspecified atom stereocenters. The number of thiocarbonyl (C=S) groups is 2. The molecule has 2 atom stereocenters. The minimum atomic E-state index is -4.61. The fraction of sp³-hybridized carbons (Fsp3) is 0.160. The van der Waals surface area contributed by atoms with Crippen molar-refractivity contribution in [3.05, 3.63) is 198 Å². The number of nitrogens with two attached hydrogens (primary N) is 1. The van der Waals surface area contributed by atoms with Gasteiger partial charge in [0.2, 0.25) is 0 Å². The van der Waals surface area contributed by atoms with Crippen LogP contribution in [0.3, 0.4) is 0 Å². The first-order chi connectivity index (χ1) is 34.4. The average molecular weight is 1150 g/mol. The number of anilines is 2. The Morgan fingerprint density at radius 2 is 0.904 bits per heavy atom. The van der Waals surface area contributed by atoms with Crippen LogP contribution < -0.4 is 21.7 Å². The number of carbonyl (C=O) groups excluding carboxylic acids is 4. The lowest BCUT2D eigenvalue weighted by atomic mass is 10.0. The van der Waals surface area contributed by atoms with Crippen molar-refractivity contribution in [2.24, 2.45) is 0 Å². The number of hydrogen-bond acceptors (Lipinski definition) is 9. The van der Waals surface area contributed by atoms with Gasteiger partial charge in [-0.05, 0) is 83.4 Å². The average Bonchev–Trinajstić information content (AvgIpc) is 3.34. The number of esters is 2. The van der Waals surface area contributed by atoms with Gasteiger partial charge in [0.05, 0.1) is 56.6 Å². The summed E-state index contributed by atoms with van der Waals surface area (Å²) in [7, 11) is 2.37. The van der Waals surface area contributed by atoms with Gasteiger partial charge in [-0.1, -0.05) is 144 Å². The predicted octanol–water partition coefficient (Wildman–Crippen LogP) is 13.0. The maximum absolute atomic E-state index is 13.4. The molecule has 0 heterocycles. The lowest BCUT2D eigenvalue weighted by Crippen LogP contribution is -2.43. The van der Waals surface area contributed by atoms with Crippen molar-refractivity contribution in [1.29, 1.82) is 0 Å². The van der Waals surface area contributed by atoms with E-state index in [4.69, 9.17) is 97.6 Å². The molecule has 6 aromatic carbocycles. The van der Waals surface area contributed by atoms with Gasteiger partial charge in [-0.3, -0.25) is 9.59 Å². The molecule has 0 saturated heterocycles. The Labute approximate surface area is 450 Å². The van der Waals surface area contributed by atoms with Gasteiger partial charge in [0, 0.05) is 35.3 Å². The third-order valence-corrected chi connectivity index (χ3v) is 12.1. The van der Waals surface area contributed by atoms with Gasteiger partial charge in [-0.2, -0.15) is 26.3 Å². The summed E-state index contributed by atoms with van der Waals surface area (Å²) < 4.78 is 89.2. The zero-order valence-corrected chi connectivity index (χ0v) is 43.2. The van der Waals surface area contributed by atoms with E-state index in [1.807, 2.05) is 0 Å². The summed E-state index contributed by atoms with van der Waals surface area (Å²) in [6.07, 6.45) is -8.93. The van der Waals surface area contributed by atoms with Gasteiger partial charge in [0.25, 0.3) is 11.1 Å². The second kappa shape index (κ2) is 27.3. The molecule has 0 saturated carbocycles. The Kier molecular flexibility index (Phi) is 22.3. The highest BCUT2D eigenvalue weighted by Crippen LogP contribution is 2.34. The van der Waals surface area contributed by atoms with E-state index in [0.29, 0.717) is 16.9 Å². The highest BCUT2D eigenvalue weighted by Gasteiger charge is 2.36. The second-order valence-corrected chi connectivity index (χ2v) is 17.7. The monoisotopic (exact) mass is 1140 g/mol. The first-order valence-electron chi connectivity index (χ1n) is 20.8. The van der Waals surface area contributed by atoms with E-state index in [1.165, 1.54) is 50.6 Å². The summed E-state index contributed by atoms with van der Waals surface area (Å²) in [5, 5.41) is 8.37. The molecule has 5 N–H and O–H groups in total. The number of benzene rings is 6. The maximum Gasteiger partial charge on any atom is 0.417 e. The van der Waals surface area contributed by atoms with Crippen LogP contribution in [-0.2, 0) is 44.3 Å². The number of rotatable bonds is 13. The Morgan fingerprint density at radius 3 is 1.25 bits per heavy atom. The molecule has 0 spiro atoms. The van der Waals surface area contributed by atoms with Gasteiger partial charge in [0.15, 0.2) is 0 Å². The molecule has 0 aliphatic carbocycles. The molecule has 0 bridgehead atoms. The summed E-state index contributed by atoms with van der Waals surface area (Å²) in [5.74, 6) is -1.83. The largest absolute Gasteiger partial charge is 0.467 e.